The molecule has 5 heteroatoms. The lowest BCUT2D eigenvalue weighted by molar-refractivity contribution is 0.0682. The lowest BCUT2D eigenvalue weighted by atomic mass is 9.79. The number of hydrogen-bond donors (Lipinski definition) is 1. The van der Waals surface area contributed by atoms with Gasteiger partial charge in [-0.25, -0.2) is 4.98 Å². The van der Waals surface area contributed by atoms with Gasteiger partial charge in [0.1, 0.15) is 5.82 Å². The predicted octanol–water partition coefficient (Wildman–Crippen LogP) is 3.41. The maximum atomic E-state index is 13.3. The standard InChI is InChI=1S/C22H28N4O/c27-21(19-5-2-1-4-18(19)20-23-10-11-24-20)26-13-9-22(16-26)8-3-12-25(15-22)14-17-6-7-17/h1-2,4-5,10-11,17H,3,6-9,12-16H2,(H,23,24)/t22-/m1/s1. The average Bonchev–Trinajstić information content (AvgIpc) is 3.18. The lowest BCUT2D eigenvalue weighted by Gasteiger charge is -2.40. The largest absolute Gasteiger partial charge is 0.345 e. The van der Waals surface area contributed by atoms with Crippen molar-refractivity contribution < 1.29 is 4.79 Å². The molecule has 1 aromatic heterocycles. The molecule has 0 unspecified atom stereocenters. The second-order valence-electron chi connectivity index (χ2n) is 8.74. The number of amides is 1. The molecule has 1 spiro atoms. The number of hydrogen-bond acceptors (Lipinski definition) is 3. The van der Waals surface area contributed by atoms with Crippen LogP contribution in [0.25, 0.3) is 11.4 Å². The first-order chi connectivity index (χ1) is 13.2. The van der Waals surface area contributed by atoms with Crippen LogP contribution in [0, 0.1) is 11.3 Å². The Morgan fingerprint density at radius 3 is 2.89 bits per heavy atom. The molecule has 1 saturated carbocycles. The predicted molar refractivity (Wildman–Crippen MR) is 105 cm³/mol. The number of aromatic amines is 1. The maximum absolute atomic E-state index is 13.3. The third-order valence-corrected chi connectivity index (χ3v) is 6.59. The number of carbonyl (C=O) groups excluding carboxylic acids is 1. The van der Waals surface area contributed by atoms with Crippen molar-refractivity contribution in [3.63, 3.8) is 0 Å². The molecule has 0 radical (unpaired) electrons. The topological polar surface area (TPSA) is 52.2 Å². The van der Waals surface area contributed by atoms with Crippen LogP contribution in [0.2, 0.25) is 0 Å². The summed E-state index contributed by atoms with van der Waals surface area (Å²) in [6.07, 6.45) is 10.0. The molecule has 1 aromatic carbocycles. The Morgan fingerprint density at radius 2 is 2.07 bits per heavy atom. The Balaban J connectivity index is 1.32. The molecule has 2 aliphatic heterocycles. The van der Waals surface area contributed by atoms with Crippen LogP contribution in [-0.4, -0.2) is 58.4 Å². The summed E-state index contributed by atoms with van der Waals surface area (Å²) in [6.45, 7) is 5.47. The van der Waals surface area contributed by atoms with Crippen LogP contribution in [-0.2, 0) is 0 Å². The van der Waals surface area contributed by atoms with E-state index < -0.39 is 0 Å². The fourth-order valence-corrected chi connectivity index (χ4v) is 5.03. The van der Waals surface area contributed by atoms with E-state index in [2.05, 4.69) is 19.8 Å². The summed E-state index contributed by atoms with van der Waals surface area (Å²) in [7, 11) is 0. The fraction of sp³-hybridized carbons (Fsp3) is 0.545. The van der Waals surface area contributed by atoms with Gasteiger partial charge in [0.2, 0.25) is 0 Å². The second kappa shape index (κ2) is 6.79. The first kappa shape index (κ1) is 17.0. The summed E-state index contributed by atoms with van der Waals surface area (Å²) >= 11 is 0. The van der Waals surface area contributed by atoms with Crippen molar-refractivity contribution in [2.24, 2.45) is 11.3 Å². The number of imidazole rings is 1. The number of likely N-dealkylation sites (tertiary alicyclic amines) is 2. The molecule has 3 fully saturated rings. The van der Waals surface area contributed by atoms with E-state index in [4.69, 9.17) is 0 Å². The molecule has 2 aromatic rings. The van der Waals surface area contributed by atoms with Gasteiger partial charge in [0.05, 0.1) is 5.56 Å². The highest BCUT2D eigenvalue weighted by atomic mass is 16.2. The van der Waals surface area contributed by atoms with Gasteiger partial charge in [-0.05, 0) is 50.6 Å². The van der Waals surface area contributed by atoms with Crippen molar-refractivity contribution in [2.45, 2.75) is 32.1 Å². The highest BCUT2D eigenvalue weighted by Crippen LogP contribution is 2.41. The number of aromatic nitrogens is 2. The van der Waals surface area contributed by atoms with Crippen LogP contribution in [0.4, 0.5) is 0 Å². The SMILES string of the molecule is O=C(c1ccccc1-c1ncc[nH]1)N1CC[C@@]2(CCCN(CC3CC3)C2)C1. The first-order valence-corrected chi connectivity index (χ1v) is 10.3. The van der Waals surface area contributed by atoms with Crippen molar-refractivity contribution in [2.75, 3.05) is 32.7 Å². The number of nitrogens with one attached hydrogen (secondary N) is 1. The van der Waals surface area contributed by atoms with E-state index >= 15 is 0 Å². The Kier molecular flexibility index (Phi) is 4.27. The minimum absolute atomic E-state index is 0.151. The molecule has 3 aliphatic rings. The van der Waals surface area contributed by atoms with E-state index in [0.717, 1.165) is 42.4 Å². The van der Waals surface area contributed by atoms with Crippen molar-refractivity contribution >= 4 is 5.91 Å². The van der Waals surface area contributed by atoms with E-state index in [0.29, 0.717) is 5.41 Å². The third-order valence-electron chi connectivity index (χ3n) is 6.59. The molecule has 5 nitrogen and oxygen atoms in total. The van der Waals surface area contributed by atoms with Gasteiger partial charge in [-0.2, -0.15) is 0 Å². The van der Waals surface area contributed by atoms with Gasteiger partial charge in [-0.15, -0.1) is 0 Å². The smallest absolute Gasteiger partial charge is 0.254 e. The third kappa shape index (κ3) is 3.41. The zero-order valence-corrected chi connectivity index (χ0v) is 15.9. The Morgan fingerprint density at radius 1 is 1.19 bits per heavy atom. The van der Waals surface area contributed by atoms with E-state index in [1.54, 1.807) is 12.4 Å². The zero-order valence-electron chi connectivity index (χ0n) is 15.9. The van der Waals surface area contributed by atoms with Crippen molar-refractivity contribution in [3.05, 3.63) is 42.2 Å². The molecule has 1 N–H and O–H groups in total. The zero-order chi connectivity index (χ0) is 18.3. The minimum atomic E-state index is 0.151. The van der Waals surface area contributed by atoms with Crippen molar-refractivity contribution in [1.29, 1.82) is 0 Å². The molecule has 27 heavy (non-hydrogen) atoms. The monoisotopic (exact) mass is 364 g/mol. The normalized spacial score (nSPS) is 26.0. The molecule has 5 rings (SSSR count). The van der Waals surface area contributed by atoms with Crippen molar-refractivity contribution in [3.8, 4) is 11.4 Å². The van der Waals surface area contributed by atoms with Crippen LogP contribution < -0.4 is 0 Å². The highest BCUT2D eigenvalue weighted by molar-refractivity contribution is 6.00. The summed E-state index contributed by atoms with van der Waals surface area (Å²) in [5.41, 5.74) is 1.96. The number of piperidine rings is 1. The van der Waals surface area contributed by atoms with Crippen LogP contribution >= 0.6 is 0 Å². The van der Waals surface area contributed by atoms with Gasteiger partial charge >= 0.3 is 0 Å². The number of rotatable bonds is 4. The summed E-state index contributed by atoms with van der Waals surface area (Å²) in [6, 6.07) is 7.84. The van der Waals surface area contributed by atoms with Gasteiger partial charge < -0.3 is 14.8 Å². The number of nitrogens with zero attached hydrogens (tertiary/aromatic N) is 3. The van der Waals surface area contributed by atoms with E-state index in [-0.39, 0.29) is 5.91 Å². The molecule has 0 bridgehead atoms. The minimum Gasteiger partial charge on any atom is -0.345 e. The molecule has 1 aliphatic carbocycles. The van der Waals surface area contributed by atoms with Crippen LogP contribution in [0.5, 0.6) is 0 Å². The van der Waals surface area contributed by atoms with Gasteiger partial charge in [0, 0.05) is 49.6 Å². The number of H-pyrrole nitrogens is 1. The number of benzene rings is 1. The molecular formula is C22H28N4O. The van der Waals surface area contributed by atoms with Crippen LogP contribution in [0.1, 0.15) is 42.5 Å². The Bertz CT molecular complexity index is 813. The molecule has 1 atom stereocenters. The van der Waals surface area contributed by atoms with Gasteiger partial charge in [0.25, 0.3) is 5.91 Å². The Hall–Kier alpha value is -2.14. The van der Waals surface area contributed by atoms with Gasteiger partial charge in [0.15, 0.2) is 0 Å². The molecule has 2 saturated heterocycles. The first-order valence-electron chi connectivity index (χ1n) is 10.3. The summed E-state index contributed by atoms with van der Waals surface area (Å²) < 4.78 is 0. The van der Waals surface area contributed by atoms with Gasteiger partial charge in [-0.1, -0.05) is 18.2 Å². The van der Waals surface area contributed by atoms with Crippen LogP contribution in [0.3, 0.4) is 0 Å². The maximum Gasteiger partial charge on any atom is 0.254 e. The highest BCUT2D eigenvalue weighted by Gasteiger charge is 2.43. The van der Waals surface area contributed by atoms with Crippen molar-refractivity contribution in [1.82, 2.24) is 19.8 Å². The summed E-state index contributed by atoms with van der Waals surface area (Å²) in [4.78, 5) is 25.6. The van der Waals surface area contributed by atoms with E-state index in [9.17, 15) is 4.79 Å². The Labute approximate surface area is 160 Å². The molecule has 1 amide bonds. The molecule has 142 valence electrons. The molecular weight excluding hydrogens is 336 g/mol. The van der Waals surface area contributed by atoms with Gasteiger partial charge in [-0.3, -0.25) is 4.79 Å². The quantitative estimate of drug-likeness (QED) is 0.904. The number of carbonyl (C=O) groups is 1. The fourth-order valence-electron chi connectivity index (χ4n) is 5.03. The average molecular weight is 364 g/mol. The van der Waals surface area contributed by atoms with E-state index in [1.165, 1.54) is 45.3 Å². The van der Waals surface area contributed by atoms with Crippen LogP contribution in [0.15, 0.2) is 36.7 Å². The summed E-state index contributed by atoms with van der Waals surface area (Å²) in [5.74, 6) is 1.86. The second-order valence-corrected chi connectivity index (χ2v) is 8.74. The lowest BCUT2D eigenvalue weighted by Crippen LogP contribution is -2.46. The van der Waals surface area contributed by atoms with E-state index in [1.807, 2.05) is 24.3 Å². The summed E-state index contributed by atoms with van der Waals surface area (Å²) in [5, 5.41) is 0. The molecule has 3 heterocycles.